The van der Waals surface area contributed by atoms with Crippen LogP contribution in [0, 0.1) is 13.8 Å². The van der Waals surface area contributed by atoms with Gasteiger partial charge in [0, 0.05) is 16.9 Å². The average molecular weight is 351 g/mol. The second-order valence-electron chi connectivity index (χ2n) is 6.63. The molecule has 0 atom stereocenters. The first-order valence-electron chi connectivity index (χ1n) is 8.65. The van der Waals surface area contributed by atoms with Crippen LogP contribution in [-0.4, -0.2) is 9.55 Å². The molecule has 0 radical (unpaired) electrons. The molecule has 1 fully saturated rings. The fourth-order valence-corrected chi connectivity index (χ4v) is 4.16. The third kappa shape index (κ3) is 3.12. The van der Waals surface area contributed by atoms with E-state index in [1.165, 1.54) is 16.9 Å². The third-order valence-corrected chi connectivity index (χ3v) is 5.78. The standard InChI is InChI=1S/C20H21N3OS/c1-13-11-14(2)25-20(13)22-17-12-18(24)23(16-9-4-3-5-10-16)19(21-17)15-7-6-8-15/h3-5,9-12,15,22H,6-8H2,1-2H3. The van der Waals surface area contributed by atoms with Crippen LogP contribution in [0.5, 0.6) is 0 Å². The summed E-state index contributed by atoms with van der Waals surface area (Å²) in [6.45, 7) is 4.16. The summed E-state index contributed by atoms with van der Waals surface area (Å²) in [5.41, 5.74) is 2.04. The predicted octanol–water partition coefficient (Wildman–Crippen LogP) is 4.92. The Morgan fingerprint density at radius 3 is 2.52 bits per heavy atom. The molecule has 3 aromatic rings. The van der Waals surface area contributed by atoms with Gasteiger partial charge in [-0.1, -0.05) is 24.6 Å². The maximum Gasteiger partial charge on any atom is 0.260 e. The second-order valence-corrected chi connectivity index (χ2v) is 7.89. The first kappa shape index (κ1) is 16.1. The number of thiophene rings is 1. The fraction of sp³-hybridized carbons (Fsp3) is 0.300. The summed E-state index contributed by atoms with van der Waals surface area (Å²) < 4.78 is 1.77. The Bertz CT molecular complexity index is 955. The van der Waals surface area contributed by atoms with Gasteiger partial charge in [-0.05, 0) is 50.5 Å². The molecule has 1 aromatic carbocycles. The van der Waals surface area contributed by atoms with Gasteiger partial charge in [0.1, 0.15) is 11.6 Å². The number of benzene rings is 1. The number of aryl methyl sites for hydroxylation is 2. The maximum absolute atomic E-state index is 12.9. The quantitative estimate of drug-likeness (QED) is 0.725. The van der Waals surface area contributed by atoms with Gasteiger partial charge < -0.3 is 5.32 Å². The summed E-state index contributed by atoms with van der Waals surface area (Å²) in [7, 11) is 0. The van der Waals surface area contributed by atoms with Crippen molar-refractivity contribution < 1.29 is 0 Å². The van der Waals surface area contributed by atoms with E-state index in [-0.39, 0.29) is 5.56 Å². The number of aromatic nitrogens is 2. The molecule has 2 aromatic heterocycles. The van der Waals surface area contributed by atoms with Gasteiger partial charge in [-0.2, -0.15) is 0 Å². The topological polar surface area (TPSA) is 46.9 Å². The summed E-state index contributed by atoms with van der Waals surface area (Å²) in [4.78, 5) is 19.0. The van der Waals surface area contributed by atoms with Crippen LogP contribution in [0.1, 0.15) is 41.4 Å². The Balaban J connectivity index is 1.79. The predicted molar refractivity (Wildman–Crippen MR) is 104 cm³/mol. The molecule has 0 spiro atoms. The molecule has 4 rings (SSSR count). The Hall–Kier alpha value is -2.40. The smallest absolute Gasteiger partial charge is 0.260 e. The maximum atomic E-state index is 12.9. The lowest BCUT2D eigenvalue weighted by Gasteiger charge is -2.27. The minimum absolute atomic E-state index is 0.0310. The van der Waals surface area contributed by atoms with Crippen LogP contribution in [0.2, 0.25) is 0 Å². The molecule has 0 saturated heterocycles. The van der Waals surface area contributed by atoms with E-state index in [1.54, 1.807) is 22.0 Å². The lowest BCUT2D eigenvalue weighted by Crippen LogP contribution is -2.27. The SMILES string of the molecule is Cc1cc(C)c(Nc2cc(=O)n(-c3ccccc3)c(C3CCC3)n2)s1. The van der Waals surface area contributed by atoms with Crippen molar-refractivity contribution in [3.8, 4) is 5.69 Å². The molecular weight excluding hydrogens is 330 g/mol. The van der Waals surface area contributed by atoms with Crippen molar-refractivity contribution >= 4 is 22.2 Å². The number of para-hydroxylation sites is 1. The van der Waals surface area contributed by atoms with E-state index in [2.05, 4.69) is 25.2 Å². The van der Waals surface area contributed by atoms with Gasteiger partial charge in [-0.15, -0.1) is 11.3 Å². The number of hydrogen-bond donors (Lipinski definition) is 1. The third-order valence-electron chi connectivity index (χ3n) is 4.71. The van der Waals surface area contributed by atoms with Crippen LogP contribution in [0.3, 0.4) is 0 Å². The lowest BCUT2D eigenvalue weighted by molar-refractivity contribution is 0.393. The summed E-state index contributed by atoms with van der Waals surface area (Å²) in [6.07, 6.45) is 3.40. The molecule has 0 bridgehead atoms. The molecule has 1 aliphatic carbocycles. The van der Waals surface area contributed by atoms with Gasteiger partial charge in [-0.3, -0.25) is 9.36 Å². The molecule has 4 nitrogen and oxygen atoms in total. The molecular formula is C20H21N3OS. The van der Waals surface area contributed by atoms with Crippen LogP contribution < -0.4 is 10.9 Å². The highest BCUT2D eigenvalue weighted by molar-refractivity contribution is 7.16. The van der Waals surface area contributed by atoms with Crippen LogP contribution in [0.15, 0.2) is 47.3 Å². The van der Waals surface area contributed by atoms with Crippen molar-refractivity contribution in [1.29, 1.82) is 0 Å². The van der Waals surface area contributed by atoms with E-state index < -0.39 is 0 Å². The molecule has 0 unspecified atom stereocenters. The highest BCUT2D eigenvalue weighted by atomic mass is 32.1. The second kappa shape index (κ2) is 6.48. The number of anilines is 2. The number of nitrogens with one attached hydrogen (secondary N) is 1. The number of rotatable bonds is 4. The lowest BCUT2D eigenvalue weighted by atomic mass is 9.84. The molecule has 5 heteroatoms. The molecule has 1 N–H and O–H groups in total. The molecule has 2 heterocycles. The Kier molecular flexibility index (Phi) is 4.17. The van der Waals surface area contributed by atoms with Crippen molar-refractivity contribution in [2.24, 2.45) is 0 Å². The average Bonchev–Trinajstić information content (AvgIpc) is 2.84. The zero-order valence-electron chi connectivity index (χ0n) is 14.5. The molecule has 1 aliphatic rings. The number of nitrogens with zero attached hydrogens (tertiary/aromatic N) is 2. The van der Waals surface area contributed by atoms with Crippen LogP contribution in [0.4, 0.5) is 10.8 Å². The van der Waals surface area contributed by atoms with E-state index in [1.807, 2.05) is 30.3 Å². The normalized spacial score (nSPS) is 14.3. The largest absolute Gasteiger partial charge is 0.332 e. The first-order valence-corrected chi connectivity index (χ1v) is 9.47. The highest BCUT2D eigenvalue weighted by Gasteiger charge is 2.26. The molecule has 128 valence electrons. The van der Waals surface area contributed by atoms with Gasteiger partial charge in [0.15, 0.2) is 0 Å². The summed E-state index contributed by atoms with van der Waals surface area (Å²) in [6, 6.07) is 13.5. The van der Waals surface area contributed by atoms with Crippen LogP contribution in [0.25, 0.3) is 5.69 Å². The Morgan fingerprint density at radius 1 is 1.16 bits per heavy atom. The van der Waals surface area contributed by atoms with E-state index in [0.29, 0.717) is 11.7 Å². The van der Waals surface area contributed by atoms with E-state index in [9.17, 15) is 4.79 Å². The van der Waals surface area contributed by atoms with Gasteiger partial charge in [0.05, 0.1) is 10.7 Å². The van der Waals surface area contributed by atoms with Crippen molar-refractivity contribution in [2.75, 3.05) is 5.32 Å². The van der Waals surface area contributed by atoms with E-state index in [4.69, 9.17) is 4.98 Å². The van der Waals surface area contributed by atoms with E-state index in [0.717, 1.165) is 29.4 Å². The Morgan fingerprint density at radius 2 is 1.92 bits per heavy atom. The van der Waals surface area contributed by atoms with Gasteiger partial charge in [-0.25, -0.2) is 4.98 Å². The van der Waals surface area contributed by atoms with Crippen molar-refractivity contribution in [2.45, 2.75) is 39.0 Å². The van der Waals surface area contributed by atoms with Crippen molar-refractivity contribution in [3.05, 3.63) is 69.1 Å². The minimum atomic E-state index is -0.0310. The highest BCUT2D eigenvalue weighted by Crippen LogP contribution is 2.36. The molecule has 1 saturated carbocycles. The van der Waals surface area contributed by atoms with Crippen molar-refractivity contribution in [1.82, 2.24) is 9.55 Å². The zero-order valence-corrected chi connectivity index (χ0v) is 15.3. The van der Waals surface area contributed by atoms with Crippen LogP contribution >= 0.6 is 11.3 Å². The Labute approximate surface area is 151 Å². The minimum Gasteiger partial charge on any atom is -0.332 e. The molecule has 0 amide bonds. The molecule has 0 aliphatic heterocycles. The van der Waals surface area contributed by atoms with Crippen LogP contribution in [-0.2, 0) is 0 Å². The summed E-state index contributed by atoms with van der Waals surface area (Å²) in [5.74, 6) is 1.88. The van der Waals surface area contributed by atoms with E-state index >= 15 is 0 Å². The summed E-state index contributed by atoms with van der Waals surface area (Å²) in [5, 5.41) is 4.41. The van der Waals surface area contributed by atoms with Gasteiger partial charge in [0.2, 0.25) is 0 Å². The zero-order chi connectivity index (χ0) is 17.4. The summed E-state index contributed by atoms with van der Waals surface area (Å²) >= 11 is 1.69. The van der Waals surface area contributed by atoms with Gasteiger partial charge in [0.25, 0.3) is 5.56 Å². The first-order chi connectivity index (χ1) is 12.1. The fourth-order valence-electron chi connectivity index (χ4n) is 3.22. The van der Waals surface area contributed by atoms with Gasteiger partial charge >= 0.3 is 0 Å². The monoisotopic (exact) mass is 351 g/mol. The van der Waals surface area contributed by atoms with Crippen molar-refractivity contribution in [3.63, 3.8) is 0 Å². The molecule has 25 heavy (non-hydrogen) atoms. The number of hydrogen-bond acceptors (Lipinski definition) is 4.